The number of nitrogens with zero attached hydrogens (tertiary/aromatic N) is 2. The van der Waals surface area contributed by atoms with Gasteiger partial charge in [0.25, 0.3) is 0 Å². The maximum atomic E-state index is 12.4. The van der Waals surface area contributed by atoms with Crippen LogP contribution in [0.5, 0.6) is 0 Å². The number of aromatic nitrogens is 2. The molecular weight excluding hydrogens is 229 g/mol. The van der Waals surface area contributed by atoms with Gasteiger partial charge >= 0.3 is 12.1 Å². The van der Waals surface area contributed by atoms with E-state index in [0.717, 1.165) is 10.9 Å². The van der Waals surface area contributed by atoms with Crippen molar-refractivity contribution < 1.29 is 27.9 Å². The van der Waals surface area contributed by atoms with Crippen LogP contribution in [0.2, 0.25) is 0 Å². The lowest BCUT2D eigenvalue weighted by atomic mass is 10.1. The molecule has 1 heterocycles. The topological polar surface area (TPSA) is 72.2 Å². The Bertz CT molecular complexity index is 436. The molecule has 88 valence electrons. The number of ketones is 1. The fourth-order valence-corrected chi connectivity index (χ4v) is 1.15. The number of carboxylic acid groups (broad SMARTS) is 1. The summed E-state index contributed by atoms with van der Waals surface area (Å²) in [5.41, 5.74) is -1.67. The summed E-state index contributed by atoms with van der Waals surface area (Å²) < 4.78 is 38.0. The Kier molecular flexibility index (Phi) is 3.02. The SMILES string of the molecule is Cn1cc(CC(=O)C(=O)O)c(C(F)(F)F)n1. The maximum absolute atomic E-state index is 12.4. The predicted octanol–water partition coefficient (Wildman–Crippen LogP) is 0.635. The molecule has 8 heteroatoms. The standard InChI is InChI=1S/C8H7F3N2O3/c1-13-3-4(2-5(14)7(15)16)6(12-13)8(9,10)11/h3H,2H2,1H3,(H,15,16). The number of aliphatic carboxylic acids is 1. The summed E-state index contributed by atoms with van der Waals surface area (Å²) in [5, 5.41) is 11.4. The van der Waals surface area contributed by atoms with Crippen molar-refractivity contribution >= 4 is 11.8 Å². The van der Waals surface area contributed by atoms with Crippen LogP contribution < -0.4 is 0 Å². The molecule has 0 fully saturated rings. The minimum atomic E-state index is -4.70. The van der Waals surface area contributed by atoms with Crippen molar-refractivity contribution in [3.63, 3.8) is 0 Å². The fourth-order valence-electron chi connectivity index (χ4n) is 1.15. The first-order valence-electron chi connectivity index (χ1n) is 4.07. The van der Waals surface area contributed by atoms with E-state index in [0.29, 0.717) is 0 Å². The molecular formula is C8H7F3N2O3. The smallest absolute Gasteiger partial charge is 0.435 e. The van der Waals surface area contributed by atoms with Gasteiger partial charge in [0.05, 0.1) is 0 Å². The van der Waals surface area contributed by atoms with Crippen LogP contribution in [-0.4, -0.2) is 26.6 Å². The van der Waals surface area contributed by atoms with E-state index in [9.17, 15) is 22.8 Å². The number of carboxylic acids is 1. The molecule has 1 aromatic heterocycles. The van der Waals surface area contributed by atoms with Crippen LogP contribution in [0.15, 0.2) is 6.20 Å². The quantitative estimate of drug-likeness (QED) is 0.781. The van der Waals surface area contributed by atoms with Gasteiger partial charge < -0.3 is 5.11 Å². The Balaban J connectivity index is 3.05. The molecule has 0 saturated heterocycles. The number of carbonyl (C=O) groups excluding carboxylic acids is 1. The van der Waals surface area contributed by atoms with Crippen LogP contribution in [0, 0.1) is 0 Å². The minimum Gasteiger partial charge on any atom is -0.475 e. The average molecular weight is 236 g/mol. The van der Waals surface area contributed by atoms with E-state index in [1.807, 2.05) is 0 Å². The van der Waals surface area contributed by atoms with E-state index in [-0.39, 0.29) is 0 Å². The fraction of sp³-hybridized carbons (Fsp3) is 0.375. The monoisotopic (exact) mass is 236 g/mol. The first-order chi connectivity index (χ1) is 7.21. The summed E-state index contributed by atoms with van der Waals surface area (Å²) in [5.74, 6) is -3.07. The van der Waals surface area contributed by atoms with Crippen molar-refractivity contribution in [3.8, 4) is 0 Å². The summed E-state index contributed by atoms with van der Waals surface area (Å²) in [7, 11) is 1.25. The van der Waals surface area contributed by atoms with Gasteiger partial charge in [0.15, 0.2) is 5.69 Å². The Hall–Kier alpha value is -1.86. The van der Waals surface area contributed by atoms with Crippen molar-refractivity contribution in [1.29, 1.82) is 0 Å². The number of Topliss-reactive ketones (excluding diaryl/α,β-unsaturated/α-hetero) is 1. The molecule has 0 atom stereocenters. The largest absolute Gasteiger partial charge is 0.475 e. The van der Waals surface area contributed by atoms with E-state index in [1.165, 1.54) is 7.05 Å². The molecule has 0 bridgehead atoms. The molecule has 1 rings (SSSR count). The molecule has 16 heavy (non-hydrogen) atoms. The Morgan fingerprint density at radius 2 is 2.06 bits per heavy atom. The molecule has 0 amide bonds. The molecule has 1 aromatic rings. The highest BCUT2D eigenvalue weighted by Gasteiger charge is 2.37. The van der Waals surface area contributed by atoms with Gasteiger partial charge in [-0.05, 0) is 0 Å². The van der Waals surface area contributed by atoms with Crippen molar-refractivity contribution in [1.82, 2.24) is 9.78 Å². The molecule has 0 radical (unpaired) electrons. The van der Waals surface area contributed by atoms with Gasteiger partial charge in [0.2, 0.25) is 5.78 Å². The third kappa shape index (κ3) is 2.59. The first kappa shape index (κ1) is 12.2. The molecule has 1 N–H and O–H groups in total. The molecule has 0 unspecified atom stereocenters. The average Bonchev–Trinajstić information content (AvgIpc) is 2.45. The van der Waals surface area contributed by atoms with Crippen LogP contribution in [-0.2, 0) is 29.2 Å². The summed E-state index contributed by atoms with van der Waals surface area (Å²) in [6, 6.07) is 0. The summed E-state index contributed by atoms with van der Waals surface area (Å²) in [4.78, 5) is 21.0. The van der Waals surface area contributed by atoms with E-state index in [1.54, 1.807) is 0 Å². The zero-order valence-electron chi connectivity index (χ0n) is 8.08. The lowest BCUT2D eigenvalue weighted by molar-refractivity contribution is -0.149. The van der Waals surface area contributed by atoms with Crippen molar-refractivity contribution in [2.24, 2.45) is 7.05 Å². The second kappa shape index (κ2) is 3.95. The van der Waals surface area contributed by atoms with E-state index in [4.69, 9.17) is 5.11 Å². The lowest BCUT2D eigenvalue weighted by Crippen LogP contribution is -2.17. The maximum Gasteiger partial charge on any atom is 0.435 e. The van der Waals surface area contributed by atoms with Gasteiger partial charge in [-0.2, -0.15) is 18.3 Å². The van der Waals surface area contributed by atoms with Crippen molar-refractivity contribution in [3.05, 3.63) is 17.5 Å². The van der Waals surface area contributed by atoms with Gasteiger partial charge in [-0.3, -0.25) is 9.48 Å². The highest BCUT2D eigenvalue weighted by Crippen LogP contribution is 2.30. The molecule has 0 aliphatic rings. The number of hydrogen-bond acceptors (Lipinski definition) is 3. The summed E-state index contributed by atoms with van der Waals surface area (Å²) in [6.45, 7) is 0. The van der Waals surface area contributed by atoms with Crippen LogP contribution in [0.4, 0.5) is 13.2 Å². The zero-order chi connectivity index (χ0) is 12.5. The Morgan fingerprint density at radius 3 is 2.50 bits per heavy atom. The van der Waals surface area contributed by atoms with E-state index >= 15 is 0 Å². The Labute approximate surface area is 87.5 Å². The normalized spacial score (nSPS) is 11.5. The first-order valence-corrected chi connectivity index (χ1v) is 4.07. The van der Waals surface area contributed by atoms with Gasteiger partial charge in [-0.1, -0.05) is 0 Å². The van der Waals surface area contributed by atoms with Crippen LogP contribution in [0.3, 0.4) is 0 Å². The molecule has 5 nitrogen and oxygen atoms in total. The highest BCUT2D eigenvalue weighted by molar-refractivity contribution is 6.33. The van der Waals surface area contributed by atoms with Crippen molar-refractivity contribution in [2.45, 2.75) is 12.6 Å². The van der Waals surface area contributed by atoms with Gasteiger partial charge in [0, 0.05) is 25.2 Å². The van der Waals surface area contributed by atoms with Crippen LogP contribution >= 0.6 is 0 Å². The highest BCUT2D eigenvalue weighted by atomic mass is 19.4. The number of rotatable bonds is 3. The molecule has 0 spiro atoms. The van der Waals surface area contributed by atoms with Gasteiger partial charge in [-0.15, -0.1) is 0 Å². The molecule has 0 aliphatic heterocycles. The number of aryl methyl sites for hydroxylation is 1. The van der Waals surface area contributed by atoms with Gasteiger partial charge in [-0.25, -0.2) is 4.79 Å². The van der Waals surface area contributed by atoms with Gasteiger partial charge in [0.1, 0.15) is 0 Å². The summed E-state index contributed by atoms with van der Waals surface area (Å²) in [6.07, 6.45) is -4.54. The third-order valence-corrected chi connectivity index (χ3v) is 1.76. The van der Waals surface area contributed by atoms with Crippen molar-refractivity contribution in [2.75, 3.05) is 0 Å². The second-order valence-electron chi connectivity index (χ2n) is 3.08. The van der Waals surface area contributed by atoms with E-state index in [2.05, 4.69) is 5.10 Å². The predicted molar refractivity (Wildman–Crippen MR) is 44.6 cm³/mol. The third-order valence-electron chi connectivity index (χ3n) is 1.76. The molecule has 0 aliphatic carbocycles. The lowest BCUT2D eigenvalue weighted by Gasteiger charge is -2.04. The van der Waals surface area contributed by atoms with E-state index < -0.39 is 35.6 Å². The Morgan fingerprint density at radius 1 is 1.50 bits per heavy atom. The van der Waals surface area contributed by atoms with Crippen LogP contribution in [0.25, 0.3) is 0 Å². The summed E-state index contributed by atoms with van der Waals surface area (Å²) >= 11 is 0. The van der Waals surface area contributed by atoms with Crippen LogP contribution in [0.1, 0.15) is 11.3 Å². The number of carbonyl (C=O) groups is 2. The number of halogens is 3. The second-order valence-corrected chi connectivity index (χ2v) is 3.08. The number of hydrogen-bond donors (Lipinski definition) is 1. The minimum absolute atomic E-state index is 0.442. The molecule has 0 saturated carbocycles. The number of alkyl halides is 3. The zero-order valence-corrected chi connectivity index (χ0v) is 8.08. The molecule has 0 aromatic carbocycles.